The number of rotatable bonds is 4. The Morgan fingerprint density at radius 3 is 3.00 bits per heavy atom. The van der Waals surface area contributed by atoms with E-state index in [0.717, 1.165) is 31.6 Å². The van der Waals surface area contributed by atoms with Crippen LogP contribution in [0.5, 0.6) is 0 Å². The van der Waals surface area contributed by atoms with Gasteiger partial charge in [0, 0.05) is 19.6 Å². The third kappa shape index (κ3) is 2.67. The van der Waals surface area contributed by atoms with Crippen LogP contribution in [0.25, 0.3) is 0 Å². The van der Waals surface area contributed by atoms with Crippen molar-refractivity contribution in [2.75, 3.05) is 13.1 Å². The first kappa shape index (κ1) is 12.1. The Hall–Kier alpha value is -1.34. The highest BCUT2D eigenvalue weighted by molar-refractivity contribution is 5.37. The number of fused-ring (bicyclic) bond motifs is 1. The van der Waals surface area contributed by atoms with Gasteiger partial charge in [0.05, 0.1) is 0 Å². The first-order valence-electron chi connectivity index (χ1n) is 6.36. The average molecular weight is 227 g/mol. The van der Waals surface area contributed by atoms with Crippen molar-refractivity contribution >= 4 is 0 Å². The highest BCUT2D eigenvalue weighted by Gasteiger charge is 2.17. The van der Waals surface area contributed by atoms with E-state index in [-0.39, 0.29) is 0 Å². The Kier molecular flexibility index (Phi) is 3.80. The second-order valence-electron chi connectivity index (χ2n) is 4.73. The van der Waals surface area contributed by atoms with Crippen molar-refractivity contribution < 1.29 is 0 Å². The monoisotopic (exact) mass is 227 g/mol. The molecule has 0 radical (unpaired) electrons. The van der Waals surface area contributed by atoms with Crippen LogP contribution in [0.4, 0.5) is 0 Å². The molecule has 0 amide bonds. The molecule has 1 heterocycles. The summed E-state index contributed by atoms with van der Waals surface area (Å²) in [6, 6.07) is 6.71. The van der Waals surface area contributed by atoms with Gasteiger partial charge in [-0.15, -0.1) is 0 Å². The summed E-state index contributed by atoms with van der Waals surface area (Å²) in [7, 11) is 0. The maximum absolute atomic E-state index is 4.00. The van der Waals surface area contributed by atoms with Crippen LogP contribution in [0, 0.1) is 0 Å². The minimum absolute atomic E-state index is 0.944. The summed E-state index contributed by atoms with van der Waals surface area (Å²) in [5, 5.41) is 0. The molecule has 0 unspecified atom stereocenters. The Labute approximate surface area is 104 Å². The Balaban J connectivity index is 2.14. The highest BCUT2D eigenvalue weighted by Crippen LogP contribution is 2.23. The zero-order chi connectivity index (χ0) is 12.3. The van der Waals surface area contributed by atoms with Crippen molar-refractivity contribution in [3.8, 4) is 0 Å². The fraction of sp³-hybridized carbons (Fsp3) is 0.375. The molecule has 0 aliphatic carbocycles. The normalized spacial score (nSPS) is 15.4. The van der Waals surface area contributed by atoms with Crippen molar-refractivity contribution in [2.24, 2.45) is 0 Å². The second kappa shape index (κ2) is 5.33. The number of nitrogens with zero attached hydrogens (tertiary/aromatic N) is 1. The van der Waals surface area contributed by atoms with Gasteiger partial charge in [0.15, 0.2) is 0 Å². The molecule has 17 heavy (non-hydrogen) atoms. The summed E-state index contributed by atoms with van der Waals surface area (Å²) in [4.78, 5) is 2.45. The summed E-state index contributed by atoms with van der Waals surface area (Å²) < 4.78 is 0. The van der Waals surface area contributed by atoms with E-state index in [1.165, 1.54) is 17.5 Å². The average Bonchev–Trinajstić information content (AvgIpc) is 2.37. The van der Waals surface area contributed by atoms with E-state index in [1.54, 1.807) is 5.56 Å². The predicted molar refractivity (Wildman–Crippen MR) is 74.1 cm³/mol. The first-order chi connectivity index (χ1) is 8.24. The number of hydrogen-bond donors (Lipinski definition) is 0. The lowest BCUT2D eigenvalue weighted by molar-refractivity contribution is 0.277. The van der Waals surface area contributed by atoms with Gasteiger partial charge >= 0.3 is 0 Å². The quantitative estimate of drug-likeness (QED) is 0.713. The van der Waals surface area contributed by atoms with Crippen LogP contribution in [0.15, 0.2) is 43.0 Å². The van der Waals surface area contributed by atoms with Gasteiger partial charge in [-0.05, 0) is 35.1 Å². The molecular weight excluding hydrogens is 206 g/mol. The van der Waals surface area contributed by atoms with E-state index in [9.17, 15) is 0 Å². The lowest BCUT2D eigenvalue weighted by atomic mass is 9.93. The fourth-order valence-electron chi connectivity index (χ4n) is 2.56. The van der Waals surface area contributed by atoms with Gasteiger partial charge in [0.25, 0.3) is 0 Å². The number of benzene rings is 1. The van der Waals surface area contributed by atoms with E-state index >= 15 is 0 Å². The van der Waals surface area contributed by atoms with Crippen LogP contribution < -0.4 is 0 Å². The summed E-state index contributed by atoms with van der Waals surface area (Å²) in [5.74, 6) is 0. The molecule has 1 heteroatoms. The van der Waals surface area contributed by atoms with Crippen molar-refractivity contribution in [1.29, 1.82) is 0 Å². The van der Waals surface area contributed by atoms with Crippen molar-refractivity contribution in [3.63, 3.8) is 0 Å². The smallest absolute Gasteiger partial charge is 0.0240 e. The molecule has 1 aliphatic rings. The van der Waals surface area contributed by atoms with Gasteiger partial charge < -0.3 is 0 Å². The van der Waals surface area contributed by atoms with Gasteiger partial charge in [0.2, 0.25) is 0 Å². The maximum atomic E-state index is 4.00. The molecule has 0 bridgehead atoms. The molecule has 90 valence electrons. The van der Waals surface area contributed by atoms with Crippen LogP contribution in [-0.2, 0) is 19.4 Å². The zero-order valence-electron chi connectivity index (χ0n) is 10.7. The minimum Gasteiger partial charge on any atom is -0.295 e. The summed E-state index contributed by atoms with van der Waals surface area (Å²) >= 11 is 0. The van der Waals surface area contributed by atoms with Crippen LogP contribution in [0.2, 0.25) is 0 Å². The number of hydrogen-bond acceptors (Lipinski definition) is 1. The Morgan fingerprint density at radius 1 is 1.47 bits per heavy atom. The highest BCUT2D eigenvalue weighted by atomic mass is 15.1. The van der Waals surface area contributed by atoms with E-state index in [0.29, 0.717) is 0 Å². The first-order valence-corrected chi connectivity index (χ1v) is 6.36. The molecule has 1 nitrogen and oxygen atoms in total. The van der Waals surface area contributed by atoms with Gasteiger partial charge in [0.1, 0.15) is 0 Å². The molecular formula is C16H21N. The van der Waals surface area contributed by atoms with E-state index in [4.69, 9.17) is 0 Å². The molecule has 0 saturated heterocycles. The molecule has 0 aromatic heterocycles. The molecule has 1 aliphatic heterocycles. The standard InChI is InChI=1S/C16H21N/c1-4-13(3)11-17-10-9-16-14(5-2)7-6-8-15(16)12-17/h4,6-8H,1,3,5,9-12H2,2H3. The van der Waals surface area contributed by atoms with Crippen molar-refractivity contribution in [2.45, 2.75) is 26.3 Å². The zero-order valence-corrected chi connectivity index (χ0v) is 10.7. The van der Waals surface area contributed by atoms with Crippen molar-refractivity contribution in [1.82, 2.24) is 4.90 Å². The predicted octanol–water partition coefficient (Wildman–Crippen LogP) is 3.35. The Bertz CT molecular complexity index is 431. The van der Waals surface area contributed by atoms with Crippen LogP contribution in [0.3, 0.4) is 0 Å². The number of aryl methyl sites for hydroxylation is 1. The molecule has 0 N–H and O–H groups in total. The second-order valence-corrected chi connectivity index (χ2v) is 4.73. The topological polar surface area (TPSA) is 3.24 Å². The van der Waals surface area contributed by atoms with Crippen LogP contribution in [-0.4, -0.2) is 18.0 Å². The third-order valence-corrected chi connectivity index (χ3v) is 3.54. The summed E-state index contributed by atoms with van der Waals surface area (Å²) in [6.45, 7) is 13.1. The fourth-order valence-corrected chi connectivity index (χ4v) is 2.56. The van der Waals surface area contributed by atoms with Crippen molar-refractivity contribution in [3.05, 3.63) is 59.7 Å². The largest absolute Gasteiger partial charge is 0.295 e. The summed E-state index contributed by atoms with van der Waals surface area (Å²) in [6.07, 6.45) is 4.17. The molecule has 2 rings (SSSR count). The third-order valence-electron chi connectivity index (χ3n) is 3.54. The van der Waals surface area contributed by atoms with Gasteiger partial charge in [-0.25, -0.2) is 0 Å². The SMILES string of the molecule is C=CC(=C)CN1CCc2c(CC)cccc2C1. The van der Waals surface area contributed by atoms with Gasteiger partial charge in [-0.1, -0.05) is 44.4 Å². The molecule has 1 aromatic carbocycles. The minimum atomic E-state index is 0.944. The van der Waals surface area contributed by atoms with E-state index in [1.807, 2.05) is 6.08 Å². The van der Waals surface area contributed by atoms with Crippen LogP contribution in [0.1, 0.15) is 23.6 Å². The van der Waals surface area contributed by atoms with Gasteiger partial charge in [-0.3, -0.25) is 4.90 Å². The van der Waals surface area contributed by atoms with Gasteiger partial charge in [-0.2, -0.15) is 0 Å². The van der Waals surface area contributed by atoms with E-state index < -0.39 is 0 Å². The molecule has 1 aromatic rings. The maximum Gasteiger partial charge on any atom is 0.0240 e. The molecule has 0 fully saturated rings. The lowest BCUT2D eigenvalue weighted by Gasteiger charge is -2.30. The molecule has 0 saturated carbocycles. The van der Waals surface area contributed by atoms with Crippen LogP contribution >= 0.6 is 0 Å². The lowest BCUT2D eigenvalue weighted by Crippen LogP contribution is -2.32. The molecule has 0 spiro atoms. The Morgan fingerprint density at radius 2 is 2.29 bits per heavy atom. The molecule has 0 atom stereocenters. The summed E-state index contributed by atoms with van der Waals surface area (Å²) in [5.41, 5.74) is 5.70. The van der Waals surface area contributed by atoms with E-state index in [2.05, 4.69) is 43.2 Å².